The summed E-state index contributed by atoms with van der Waals surface area (Å²) in [5.41, 5.74) is -0.599. The number of likely N-dealkylation sites (N-methyl/N-ethyl adjacent to an activating group) is 1. The standard InChI is InChI=1S/C16H25NO3S/c1-5-17-16(2,15(18)20-4)10-7-11-21-14-9-6-8-13(12-14)19-3/h6,8-9,12,17H,5,7,10-11H2,1-4H3. The van der Waals surface area contributed by atoms with E-state index in [-0.39, 0.29) is 5.97 Å². The Hall–Kier alpha value is -1.20. The van der Waals surface area contributed by atoms with Gasteiger partial charge < -0.3 is 14.8 Å². The van der Waals surface area contributed by atoms with Gasteiger partial charge in [0.1, 0.15) is 11.3 Å². The first-order valence-electron chi connectivity index (χ1n) is 7.16. The van der Waals surface area contributed by atoms with Crippen LogP contribution in [0.1, 0.15) is 26.7 Å². The van der Waals surface area contributed by atoms with Crippen LogP contribution in [0.5, 0.6) is 5.75 Å². The van der Waals surface area contributed by atoms with Gasteiger partial charge >= 0.3 is 5.97 Å². The summed E-state index contributed by atoms with van der Waals surface area (Å²) in [6, 6.07) is 8.01. The highest BCUT2D eigenvalue weighted by Crippen LogP contribution is 2.25. The van der Waals surface area contributed by atoms with Gasteiger partial charge in [0.15, 0.2) is 0 Å². The zero-order valence-corrected chi connectivity index (χ0v) is 14.1. The summed E-state index contributed by atoms with van der Waals surface area (Å²) >= 11 is 1.77. The van der Waals surface area contributed by atoms with Crippen LogP contribution < -0.4 is 10.1 Å². The van der Waals surface area contributed by atoms with Gasteiger partial charge in [0, 0.05) is 4.90 Å². The summed E-state index contributed by atoms with van der Waals surface area (Å²) in [6.45, 7) is 4.64. The van der Waals surface area contributed by atoms with Gasteiger partial charge in [-0.25, -0.2) is 0 Å². The highest BCUT2D eigenvalue weighted by molar-refractivity contribution is 7.99. The first-order chi connectivity index (χ1) is 10.1. The quantitative estimate of drug-likeness (QED) is 0.431. The molecule has 1 N–H and O–H groups in total. The number of thioether (sulfide) groups is 1. The molecule has 21 heavy (non-hydrogen) atoms. The maximum atomic E-state index is 11.9. The maximum absolute atomic E-state index is 11.9. The number of hydrogen-bond acceptors (Lipinski definition) is 5. The second-order valence-electron chi connectivity index (χ2n) is 4.99. The molecular weight excluding hydrogens is 286 g/mol. The number of ether oxygens (including phenoxy) is 2. The normalized spacial score (nSPS) is 13.5. The average molecular weight is 311 g/mol. The van der Waals surface area contributed by atoms with Crippen molar-refractivity contribution in [2.24, 2.45) is 0 Å². The molecule has 0 spiro atoms. The molecule has 0 aliphatic carbocycles. The molecule has 0 aliphatic heterocycles. The fraction of sp³-hybridized carbons (Fsp3) is 0.562. The molecule has 4 nitrogen and oxygen atoms in total. The molecule has 0 saturated carbocycles. The molecule has 0 heterocycles. The molecule has 0 radical (unpaired) electrons. The van der Waals surface area contributed by atoms with E-state index in [9.17, 15) is 4.79 Å². The van der Waals surface area contributed by atoms with Crippen LogP contribution in [0.4, 0.5) is 0 Å². The Morgan fingerprint density at radius 3 is 2.76 bits per heavy atom. The number of carbonyl (C=O) groups is 1. The largest absolute Gasteiger partial charge is 0.497 e. The highest BCUT2D eigenvalue weighted by atomic mass is 32.2. The van der Waals surface area contributed by atoms with Crippen LogP contribution in [0.25, 0.3) is 0 Å². The number of nitrogens with one attached hydrogen (secondary N) is 1. The third-order valence-electron chi connectivity index (χ3n) is 3.33. The van der Waals surface area contributed by atoms with Crippen LogP contribution in [-0.2, 0) is 9.53 Å². The van der Waals surface area contributed by atoms with Crippen LogP contribution in [-0.4, -0.2) is 38.0 Å². The van der Waals surface area contributed by atoms with Gasteiger partial charge in [-0.05, 0) is 50.3 Å². The number of carbonyl (C=O) groups excluding carboxylic acids is 1. The molecular formula is C16H25NO3S. The number of methoxy groups -OCH3 is 2. The lowest BCUT2D eigenvalue weighted by molar-refractivity contribution is -0.148. The van der Waals surface area contributed by atoms with Crippen molar-refractivity contribution in [3.05, 3.63) is 24.3 Å². The van der Waals surface area contributed by atoms with E-state index in [1.54, 1.807) is 18.9 Å². The van der Waals surface area contributed by atoms with Gasteiger partial charge in [0.25, 0.3) is 0 Å². The van der Waals surface area contributed by atoms with Crippen molar-refractivity contribution in [2.45, 2.75) is 37.1 Å². The number of esters is 1. The number of rotatable bonds is 9. The van der Waals surface area contributed by atoms with Crippen molar-refractivity contribution >= 4 is 17.7 Å². The van der Waals surface area contributed by atoms with Crippen molar-refractivity contribution < 1.29 is 14.3 Å². The van der Waals surface area contributed by atoms with Crippen LogP contribution in [0, 0.1) is 0 Å². The minimum Gasteiger partial charge on any atom is -0.497 e. The van der Waals surface area contributed by atoms with E-state index in [0.29, 0.717) is 0 Å². The van der Waals surface area contributed by atoms with Crippen LogP contribution >= 0.6 is 11.8 Å². The van der Waals surface area contributed by atoms with E-state index >= 15 is 0 Å². The fourth-order valence-electron chi connectivity index (χ4n) is 2.18. The first kappa shape index (κ1) is 17.9. The summed E-state index contributed by atoms with van der Waals surface area (Å²) in [6.07, 6.45) is 1.69. The van der Waals surface area contributed by atoms with Gasteiger partial charge in [-0.1, -0.05) is 13.0 Å². The molecule has 0 bridgehead atoms. The minimum atomic E-state index is -0.599. The Labute approximate surface area is 131 Å². The van der Waals surface area contributed by atoms with Crippen LogP contribution in [0.3, 0.4) is 0 Å². The molecule has 1 unspecified atom stereocenters. The Balaban J connectivity index is 2.45. The lowest BCUT2D eigenvalue weighted by Crippen LogP contribution is -2.50. The van der Waals surface area contributed by atoms with E-state index in [2.05, 4.69) is 11.4 Å². The molecule has 1 atom stereocenters. The van der Waals surface area contributed by atoms with Gasteiger partial charge in [-0.3, -0.25) is 4.79 Å². The Kier molecular flexibility index (Phi) is 7.61. The molecule has 1 aromatic carbocycles. The summed E-state index contributed by atoms with van der Waals surface area (Å²) in [4.78, 5) is 13.0. The topological polar surface area (TPSA) is 47.6 Å². The SMILES string of the molecule is CCNC(C)(CCCSc1cccc(OC)c1)C(=O)OC. The lowest BCUT2D eigenvalue weighted by atomic mass is 9.96. The Morgan fingerprint density at radius 2 is 2.14 bits per heavy atom. The molecule has 0 fully saturated rings. The minimum absolute atomic E-state index is 0.198. The van der Waals surface area contributed by atoms with Crippen molar-refractivity contribution in [1.29, 1.82) is 0 Å². The van der Waals surface area contributed by atoms with E-state index in [1.807, 2.05) is 32.0 Å². The molecule has 0 aliphatic rings. The van der Waals surface area contributed by atoms with Crippen molar-refractivity contribution in [1.82, 2.24) is 5.32 Å². The predicted molar refractivity (Wildman–Crippen MR) is 87.0 cm³/mol. The van der Waals surface area contributed by atoms with Gasteiger partial charge in [0.2, 0.25) is 0 Å². The second kappa shape index (κ2) is 8.95. The monoisotopic (exact) mass is 311 g/mol. The van der Waals surface area contributed by atoms with Crippen LogP contribution in [0.15, 0.2) is 29.2 Å². The van der Waals surface area contributed by atoms with E-state index in [1.165, 1.54) is 12.0 Å². The summed E-state index contributed by atoms with van der Waals surface area (Å²) in [5, 5.41) is 3.22. The van der Waals surface area contributed by atoms with Gasteiger partial charge in [-0.15, -0.1) is 11.8 Å². The molecule has 118 valence electrons. The van der Waals surface area contributed by atoms with Crippen LogP contribution in [0.2, 0.25) is 0 Å². The van der Waals surface area contributed by atoms with Gasteiger partial charge in [-0.2, -0.15) is 0 Å². The molecule has 0 saturated heterocycles. The van der Waals surface area contributed by atoms with E-state index < -0.39 is 5.54 Å². The zero-order chi connectivity index (χ0) is 15.7. The Morgan fingerprint density at radius 1 is 1.38 bits per heavy atom. The first-order valence-corrected chi connectivity index (χ1v) is 8.14. The molecule has 1 rings (SSSR count). The molecule has 0 amide bonds. The zero-order valence-electron chi connectivity index (χ0n) is 13.3. The maximum Gasteiger partial charge on any atom is 0.325 e. The highest BCUT2D eigenvalue weighted by Gasteiger charge is 2.32. The third-order valence-corrected chi connectivity index (χ3v) is 4.41. The molecule has 0 aromatic heterocycles. The van der Waals surface area contributed by atoms with Crippen molar-refractivity contribution in [3.63, 3.8) is 0 Å². The smallest absolute Gasteiger partial charge is 0.325 e. The van der Waals surface area contributed by atoms with E-state index in [0.717, 1.165) is 30.9 Å². The van der Waals surface area contributed by atoms with Gasteiger partial charge in [0.05, 0.1) is 14.2 Å². The third kappa shape index (κ3) is 5.59. The summed E-state index contributed by atoms with van der Waals surface area (Å²) in [7, 11) is 3.10. The summed E-state index contributed by atoms with van der Waals surface area (Å²) in [5.74, 6) is 1.62. The molecule has 5 heteroatoms. The second-order valence-corrected chi connectivity index (χ2v) is 6.15. The van der Waals surface area contributed by atoms with Crippen molar-refractivity contribution in [3.8, 4) is 5.75 Å². The lowest BCUT2D eigenvalue weighted by Gasteiger charge is -2.27. The molecule has 1 aromatic rings. The predicted octanol–water partition coefficient (Wildman–Crippen LogP) is 3.11. The van der Waals surface area contributed by atoms with E-state index in [4.69, 9.17) is 9.47 Å². The van der Waals surface area contributed by atoms with Crippen molar-refractivity contribution in [2.75, 3.05) is 26.5 Å². The average Bonchev–Trinajstić information content (AvgIpc) is 2.51. The number of benzene rings is 1. The number of hydrogen-bond donors (Lipinski definition) is 1. The summed E-state index contributed by atoms with van der Waals surface area (Å²) < 4.78 is 10.1. The Bertz CT molecular complexity index is 453. The fourth-order valence-corrected chi connectivity index (χ4v) is 3.08.